The molecule has 248 valence electrons. The van der Waals surface area contributed by atoms with Crippen molar-refractivity contribution in [1.29, 1.82) is 0 Å². The number of hydrogen-bond acceptors (Lipinski definition) is 8. The highest BCUT2D eigenvalue weighted by Gasteiger charge is 2.33. The van der Waals surface area contributed by atoms with Gasteiger partial charge in [-0.2, -0.15) is 4.98 Å². The molecular weight excluding hydrogens is 635 g/mol. The number of nitrogens with one attached hydrogen (secondary N) is 1. The Balaban J connectivity index is 1.63. The Kier molecular flexibility index (Phi) is 9.18. The Morgan fingerprint density at radius 2 is 1.70 bits per heavy atom. The maximum atomic E-state index is 14.2. The number of alkyl halides is 3. The second kappa shape index (κ2) is 12.8. The summed E-state index contributed by atoms with van der Waals surface area (Å²) in [6, 6.07) is 14.8. The van der Waals surface area contributed by atoms with Crippen molar-refractivity contribution >= 4 is 21.9 Å². The SMILES string of the molecule is Cc1cccc(C)c1-c1cc2nc(n1)NS(=O)(=O)c1cccc(c1)C(=O)N(Cc1ccc(OC(F)(F)F)cn1)[C@H](CC(C)(C)C)CO2. The van der Waals surface area contributed by atoms with Gasteiger partial charge in [0, 0.05) is 17.2 Å². The molecule has 0 radical (unpaired) electrons. The van der Waals surface area contributed by atoms with Crippen LogP contribution in [0.5, 0.6) is 11.6 Å². The van der Waals surface area contributed by atoms with E-state index in [1.807, 2.05) is 52.8 Å². The third-order valence-corrected chi connectivity index (χ3v) is 8.72. The van der Waals surface area contributed by atoms with Crippen LogP contribution >= 0.6 is 0 Å². The molecule has 2 aromatic carbocycles. The lowest BCUT2D eigenvalue weighted by molar-refractivity contribution is -0.274. The van der Waals surface area contributed by atoms with Gasteiger partial charge in [-0.3, -0.25) is 9.78 Å². The molecular formula is C33H34F3N5O5S. The maximum Gasteiger partial charge on any atom is 0.573 e. The van der Waals surface area contributed by atoms with Gasteiger partial charge in [0.05, 0.1) is 35.1 Å². The predicted molar refractivity (Wildman–Crippen MR) is 168 cm³/mol. The summed E-state index contributed by atoms with van der Waals surface area (Å²) < 4.78 is 78.0. The fraction of sp³-hybridized carbons (Fsp3) is 0.333. The summed E-state index contributed by atoms with van der Waals surface area (Å²) in [7, 11) is -4.26. The lowest BCUT2D eigenvalue weighted by Crippen LogP contribution is -2.45. The Bertz CT molecular complexity index is 1870. The fourth-order valence-electron chi connectivity index (χ4n) is 5.42. The van der Waals surface area contributed by atoms with E-state index in [9.17, 15) is 26.4 Å². The van der Waals surface area contributed by atoms with E-state index >= 15 is 0 Å². The third-order valence-electron chi connectivity index (χ3n) is 7.39. The number of hydrogen-bond donors (Lipinski definition) is 1. The van der Waals surface area contributed by atoms with Gasteiger partial charge in [-0.1, -0.05) is 45.0 Å². The van der Waals surface area contributed by atoms with Crippen molar-refractivity contribution in [2.75, 3.05) is 11.3 Å². The summed E-state index contributed by atoms with van der Waals surface area (Å²) in [4.78, 5) is 28.5. The minimum atomic E-state index is -4.89. The van der Waals surface area contributed by atoms with E-state index in [4.69, 9.17) is 4.74 Å². The topological polar surface area (TPSA) is 124 Å². The molecule has 1 aliphatic rings. The van der Waals surface area contributed by atoms with Crippen LogP contribution in [0.3, 0.4) is 0 Å². The number of carbonyl (C=O) groups is 1. The molecule has 0 spiro atoms. The third kappa shape index (κ3) is 8.36. The number of aryl methyl sites for hydroxylation is 2. The van der Waals surface area contributed by atoms with Crippen LogP contribution in [0.25, 0.3) is 11.3 Å². The highest BCUT2D eigenvalue weighted by atomic mass is 32.2. The van der Waals surface area contributed by atoms with Crippen LogP contribution in [0.1, 0.15) is 54.4 Å². The Hall–Kier alpha value is -4.72. The van der Waals surface area contributed by atoms with Gasteiger partial charge in [0.25, 0.3) is 15.9 Å². The molecule has 2 aromatic heterocycles. The van der Waals surface area contributed by atoms with Crippen LogP contribution in [0.4, 0.5) is 19.1 Å². The zero-order valence-electron chi connectivity index (χ0n) is 26.4. The molecule has 5 rings (SSSR count). The normalized spacial score (nSPS) is 16.6. The van der Waals surface area contributed by atoms with Gasteiger partial charge < -0.3 is 14.4 Å². The van der Waals surface area contributed by atoms with E-state index in [0.29, 0.717) is 12.1 Å². The van der Waals surface area contributed by atoms with E-state index in [1.54, 1.807) is 6.07 Å². The maximum absolute atomic E-state index is 14.2. The largest absolute Gasteiger partial charge is 0.573 e. The van der Waals surface area contributed by atoms with E-state index in [2.05, 4.69) is 24.4 Å². The lowest BCUT2D eigenvalue weighted by Gasteiger charge is -2.35. The summed E-state index contributed by atoms with van der Waals surface area (Å²) in [6.45, 7) is 9.66. The smallest absolute Gasteiger partial charge is 0.475 e. The van der Waals surface area contributed by atoms with Crippen LogP contribution in [-0.2, 0) is 16.6 Å². The molecule has 0 aliphatic carbocycles. The van der Waals surface area contributed by atoms with Gasteiger partial charge in [-0.05, 0) is 67.1 Å². The molecule has 10 nitrogen and oxygen atoms in total. The van der Waals surface area contributed by atoms with Crippen molar-refractivity contribution in [2.45, 2.75) is 64.9 Å². The highest BCUT2D eigenvalue weighted by molar-refractivity contribution is 7.92. The summed E-state index contributed by atoms with van der Waals surface area (Å²) >= 11 is 0. The van der Waals surface area contributed by atoms with Gasteiger partial charge in [0.15, 0.2) is 0 Å². The Morgan fingerprint density at radius 1 is 1.00 bits per heavy atom. The molecule has 14 heteroatoms. The minimum Gasteiger partial charge on any atom is -0.475 e. The molecule has 0 fully saturated rings. The summed E-state index contributed by atoms with van der Waals surface area (Å²) in [5, 5.41) is 0. The van der Waals surface area contributed by atoms with Crippen LogP contribution in [0.2, 0.25) is 0 Å². The second-order valence-corrected chi connectivity index (χ2v) is 14.2. The van der Waals surface area contributed by atoms with Crippen LogP contribution < -0.4 is 14.2 Å². The summed E-state index contributed by atoms with van der Waals surface area (Å²) in [6.07, 6.45) is -3.52. The molecule has 4 bridgehead atoms. The number of halogens is 3. The van der Waals surface area contributed by atoms with E-state index in [-0.39, 0.29) is 46.5 Å². The molecule has 0 saturated carbocycles. The van der Waals surface area contributed by atoms with Gasteiger partial charge in [0.1, 0.15) is 12.4 Å². The summed E-state index contributed by atoms with van der Waals surface area (Å²) in [5.74, 6) is -1.15. The van der Waals surface area contributed by atoms with Gasteiger partial charge in [0.2, 0.25) is 11.8 Å². The van der Waals surface area contributed by atoms with E-state index < -0.39 is 34.1 Å². The molecule has 1 amide bonds. The van der Waals surface area contributed by atoms with Gasteiger partial charge in [-0.25, -0.2) is 18.1 Å². The molecule has 3 heterocycles. The number of sulfonamides is 1. The first kappa shape index (κ1) is 33.6. The van der Waals surface area contributed by atoms with Crippen molar-refractivity contribution in [3.8, 4) is 22.9 Å². The van der Waals surface area contributed by atoms with Crippen molar-refractivity contribution in [2.24, 2.45) is 5.41 Å². The lowest BCUT2D eigenvalue weighted by atomic mass is 9.87. The molecule has 0 saturated heterocycles. The van der Waals surface area contributed by atoms with E-state index in [0.717, 1.165) is 29.0 Å². The number of anilines is 1. The molecule has 1 atom stereocenters. The summed E-state index contributed by atoms with van der Waals surface area (Å²) in [5.41, 5.74) is 3.10. The Labute approximate surface area is 271 Å². The molecule has 47 heavy (non-hydrogen) atoms. The quantitative estimate of drug-likeness (QED) is 0.249. The highest BCUT2D eigenvalue weighted by Crippen LogP contribution is 2.32. The number of fused-ring (bicyclic) bond motifs is 4. The van der Waals surface area contributed by atoms with Crippen molar-refractivity contribution < 1.29 is 35.9 Å². The first-order chi connectivity index (χ1) is 22.0. The van der Waals surface area contributed by atoms with Crippen molar-refractivity contribution in [3.05, 3.63) is 89.2 Å². The fourth-order valence-corrected chi connectivity index (χ4v) is 6.41. The standard InChI is InChI=1S/C33H34F3N5O5S/c1-20-8-6-9-21(2)29(20)27-15-28-39-31(38-27)40-47(43,44)26-11-7-10-22(14-26)30(42)41(24(19-45-28)16-32(3,4)5)18-23-12-13-25(17-37-23)46-33(34,35)36/h6-15,17,24H,16,18-19H2,1-5H3,(H,38,39,40)/t24-/m1/s1. The number of rotatable bonds is 5. The zero-order valence-corrected chi connectivity index (χ0v) is 27.2. The number of pyridine rings is 1. The van der Waals surface area contributed by atoms with Crippen molar-refractivity contribution in [3.63, 3.8) is 0 Å². The number of aromatic nitrogens is 3. The van der Waals surface area contributed by atoms with Crippen LogP contribution in [0, 0.1) is 19.3 Å². The molecule has 4 aromatic rings. The molecule has 0 unspecified atom stereocenters. The average Bonchev–Trinajstić information content (AvgIpc) is 2.97. The monoisotopic (exact) mass is 669 g/mol. The first-order valence-corrected chi connectivity index (χ1v) is 16.2. The predicted octanol–water partition coefficient (Wildman–Crippen LogP) is 6.69. The number of ether oxygens (including phenoxy) is 2. The van der Waals surface area contributed by atoms with Crippen LogP contribution in [0.15, 0.2) is 71.8 Å². The minimum absolute atomic E-state index is 0.0482. The second-order valence-electron chi connectivity index (χ2n) is 12.5. The number of benzene rings is 2. The van der Waals surface area contributed by atoms with Gasteiger partial charge in [-0.15, -0.1) is 13.2 Å². The van der Waals surface area contributed by atoms with Crippen LogP contribution in [-0.4, -0.2) is 53.2 Å². The zero-order chi connectivity index (χ0) is 34.1. The number of nitrogens with zero attached hydrogens (tertiary/aromatic N) is 4. The molecule has 1 aliphatic heterocycles. The number of carbonyl (C=O) groups excluding carboxylic acids is 1. The van der Waals surface area contributed by atoms with E-state index in [1.165, 1.54) is 35.2 Å². The van der Waals surface area contributed by atoms with Crippen molar-refractivity contribution in [1.82, 2.24) is 19.9 Å². The average molecular weight is 670 g/mol. The Morgan fingerprint density at radius 3 is 2.34 bits per heavy atom. The first-order valence-electron chi connectivity index (χ1n) is 14.7. The van der Waals surface area contributed by atoms with Gasteiger partial charge >= 0.3 is 6.36 Å². The number of amides is 1. The molecule has 1 N–H and O–H groups in total.